The molecule has 0 aliphatic carbocycles. The summed E-state index contributed by atoms with van der Waals surface area (Å²) in [5.74, 6) is -0.748. The molecule has 0 spiro atoms. The molecule has 1 atom stereocenters. The summed E-state index contributed by atoms with van der Waals surface area (Å²) in [5.41, 5.74) is 5.71. The van der Waals surface area contributed by atoms with E-state index in [-0.39, 0.29) is 23.8 Å². The minimum absolute atomic E-state index is 0.0913. The van der Waals surface area contributed by atoms with Crippen LogP contribution in [0.15, 0.2) is 102 Å². The second-order valence-corrected chi connectivity index (χ2v) is 13.5. The van der Waals surface area contributed by atoms with E-state index in [1.165, 1.54) is 9.21 Å². The summed E-state index contributed by atoms with van der Waals surface area (Å²) in [6.07, 6.45) is 1.02. The van der Waals surface area contributed by atoms with E-state index in [1.807, 2.05) is 101 Å². The summed E-state index contributed by atoms with van der Waals surface area (Å²) >= 11 is 0. The molecule has 8 heteroatoms. The van der Waals surface area contributed by atoms with Gasteiger partial charge in [0.2, 0.25) is 11.8 Å². The Morgan fingerprint density at radius 1 is 0.756 bits per heavy atom. The minimum atomic E-state index is -4.15. The van der Waals surface area contributed by atoms with Crippen LogP contribution in [0.2, 0.25) is 0 Å². The fraction of sp³-hybridized carbons (Fsp3) is 0.297. The molecule has 2 amide bonds. The summed E-state index contributed by atoms with van der Waals surface area (Å²) < 4.78 is 29.8. The lowest BCUT2D eigenvalue weighted by atomic mass is 10.0. The predicted octanol–water partition coefficient (Wildman–Crippen LogP) is 6.28. The maximum Gasteiger partial charge on any atom is 0.264 e. The summed E-state index contributed by atoms with van der Waals surface area (Å²) in [6.45, 7) is 9.69. The van der Waals surface area contributed by atoms with E-state index in [0.29, 0.717) is 12.2 Å². The fourth-order valence-electron chi connectivity index (χ4n) is 5.27. The van der Waals surface area contributed by atoms with Crippen LogP contribution in [-0.4, -0.2) is 44.3 Å². The molecule has 4 aromatic rings. The van der Waals surface area contributed by atoms with Gasteiger partial charge in [0.1, 0.15) is 12.6 Å². The van der Waals surface area contributed by atoms with Gasteiger partial charge in [-0.05, 0) is 74.6 Å². The van der Waals surface area contributed by atoms with Crippen LogP contribution >= 0.6 is 0 Å². The van der Waals surface area contributed by atoms with Crippen LogP contribution in [0.25, 0.3) is 0 Å². The van der Waals surface area contributed by atoms with Crippen LogP contribution in [0.1, 0.15) is 46.7 Å². The number of benzene rings is 4. The van der Waals surface area contributed by atoms with E-state index >= 15 is 0 Å². The van der Waals surface area contributed by atoms with Crippen LogP contribution in [0.3, 0.4) is 0 Å². The highest BCUT2D eigenvalue weighted by molar-refractivity contribution is 7.92. The normalized spacial score (nSPS) is 11.9. The first-order chi connectivity index (χ1) is 21.5. The first kappa shape index (κ1) is 33.5. The van der Waals surface area contributed by atoms with Crippen LogP contribution in [0, 0.1) is 27.7 Å². The van der Waals surface area contributed by atoms with Crippen LogP contribution in [0.5, 0.6) is 0 Å². The third kappa shape index (κ3) is 8.60. The van der Waals surface area contributed by atoms with Crippen molar-refractivity contribution >= 4 is 27.5 Å². The molecule has 4 rings (SSSR count). The molecule has 0 saturated carbocycles. The van der Waals surface area contributed by atoms with Crippen LogP contribution in [0.4, 0.5) is 5.69 Å². The number of nitrogens with zero attached hydrogens (tertiary/aromatic N) is 2. The molecule has 45 heavy (non-hydrogen) atoms. The summed E-state index contributed by atoms with van der Waals surface area (Å²) in [4.78, 5) is 30.0. The Balaban J connectivity index is 1.83. The molecule has 1 N–H and O–H groups in total. The van der Waals surface area contributed by atoms with E-state index in [0.717, 1.165) is 39.8 Å². The van der Waals surface area contributed by atoms with Gasteiger partial charge in [-0.25, -0.2) is 8.42 Å². The van der Waals surface area contributed by atoms with Crippen molar-refractivity contribution in [3.8, 4) is 0 Å². The summed E-state index contributed by atoms with van der Waals surface area (Å²) in [5, 5.41) is 2.98. The van der Waals surface area contributed by atoms with Gasteiger partial charge in [-0.3, -0.25) is 13.9 Å². The van der Waals surface area contributed by atoms with Gasteiger partial charge >= 0.3 is 0 Å². The Labute approximate surface area is 268 Å². The maximum atomic E-state index is 14.6. The largest absolute Gasteiger partial charge is 0.354 e. The van der Waals surface area contributed by atoms with Crippen molar-refractivity contribution in [2.24, 2.45) is 0 Å². The molecule has 0 radical (unpaired) electrons. The zero-order valence-electron chi connectivity index (χ0n) is 26.8. The molecule has 0 fully saturated rings. The van der Waals surface area contributed by atoms with Gasteiger partial charge in [0.05, 0.1) is 10.6 Å². The van der Waals surface area contributed by atoms with E-state index in [2.05, 4.69) is 5.32 Å². The Morgan fingerprint density at radius 2 is 1.40 bits per heavy atom. The van der Waals surface area contributed by atoms with Crippen LogP contribution < -0.4 is 9.62 Å². The highest BCUT2D eigenvalue weighted by atomic mass is 32.2. The van der Waals surface area contributed by atoms with Crippen molar-refractivity contribution in [1.29, 1.82) is 0 Å². The van der Waals surface area contributed by atoms with Gasteiger partial charge in [-0.15, -0.1) is 0 Å². The van der Waals surface area contributed by atoms with Gasteiger partial charge in [0, 0.05) is 19.5 Å². The topological polar surface area (TPSA) is 86.8 Å². The number of anilines is 1. The Kier molecular flexibility index (Phi) is 11.2. The first-order valence-electron chi connectivity index (χ1n) is 15.3. The molecule has 0 aliphatic heterocycles. The number of carbonyl (C=O) groups is 2. The van der Waals surface area contributed by atoms with Gasteiger partial charge in [0.25, 0.3) is 10.0 Å². The monoisotopic (exact) mass is 625 g/mol. The molecule has 4 aromatic carbocycles. The number of sulfonamides is 1. The lowest BCUT2D eigenvalue weighted by Gasteiger charge is -2.34. The quantitative estimate of drug-likeness (QED) is 0.190. The molecule has 0 aliphatic rings. The molecule has 0 heterocycles. The first-order valence-corrected chi connectivity index (χ1v) is 16.8. The molecule has 1 unspecified atom stereocenters. The number of amides is 2. The van der Waals surface area contributed by atoms with E-state index < -0.39 is 28.5 Å². The average Bonchev–Trinajstić information content (AvgIpc) is 3.02. The van der Waals surface area contributed by atoms with Crippen molar-refractivity contribution in [3.63, 3.8) is 0 Å². The molecular formula is C37H43N3O4S. The molecular weight excluding hydrogens is 582 g/mol. The lowest BCUT2D eigenvalue weighted by molar-refractivity contribution is -0.140. The lowest BCUT2D eigenvalue weighted by Crippen LogP contribution is -2.53. The van der Waals surface area contributed by atoms with Gasteiger partial charge in [0.15, 0.2) is 0 Å². The number of rotatable bonds is 13. The molecule has 7 nitrogen and oxygen atoms in total. The Morgan fingerprint density at radius 3 is 2.07 bits per heavy atom. The standard InChI is InChI=1S/C37H43N3O4S/c1-6-21-38-37(42)35(24-31-12-8-7-9-13-31)39(25-32-14-10-11-28(3)22-32)36(41)26-40(34-23-29(4)15-18-30(34)5)45(43,44)33-19-16-27(2)17-20-33/h7-20,22-23,35H,6,21,24-26H2,1-5H3,(H,38,42). The average molecular weight is 626 g/mol. The second-order valence-electron chi connectivity index (χ2n) is 11.6. The van der Waals surface area contributed by atoms with E-state index in [1.54, 1.807) is 30.3 Å². The molecule has 0 aromatic heterocycles. The van der Waals surface area contributed by atoms with Crippen molar-refractivity contribution < 1.29 is 18.0 Å². The molecule has 0 bridgehead atoms. The fourth-order valence-corrected chi connectivity index (χ4v) is 6.74. The smallest absolute Gasteiger partial charge is 0.264 e. The van der Waals surface area contributed by atoms with Crippen molar-refractivity contribution in [2.45, 2.75) is 64.9 Å². The van der Waals surface area contributed by atoms with E-state index in [4.69, 9.17) is 0 Å². The minimum Gasteiger partial charge on any atom is -0.354 e. The van der Waals surface area contributed by atoms with E-state index in [9.17, 15) is 18.0 Å². The highest BCUT2D eigenvalue weighted by Crippen LogP contribution is 2.29. The van der Waals surface area contributed by atoms with Crippen molar-refractivity contribution in [2.75, 3.05) is 17.4 Å². The molecule has 0 saturated heterocycles. The third-order valence-electron chi connectivity index (χ3n) is 7.78. The Bertz CT molecular complexity index is 1720. The van der Waals surface area contributed by atoms with Gasteiger partial charge in [-0.1, -0.05) is 96.9 Å². The zero-order valence-corrected chi connectivity index (χ0v) is 27.6. The number of aryl methyl sites for hydroxylation is 4. The van der Waals surface area contributed by atoms with Crippen molar-refractivity contribution in [1.82, 2.24) is 10.2 Å². The number of hydrogen-bond acceptors (Lipinski definition) is 4. The maximum absolute atomic E-state index is 14.6. The van der Waals surface area contributed by atoms with Crippen LogP contribution in [-0.2, 0) is 32.6 Å². The van der Waals surface area contributed by atoms with Crippen molar-refractivity contribution in [3.05, 3.63) is 130 Å². The van der Waals surface area contributed by atoms with Gasteiger partial charge < -0.3 is 10.2 Å². The second kappa shape index (κ2) is 15.0. The highest BCUT2D eigenvalue weighted by Gasteiger charge is 2.35. The predicted molar refractivity (Wildman–Crippen MR) is 181 cm³/mol. The summed E-state index contributed by atoms with van der Waals surface area (Å²) in [7, 11) is -4.15. The number of carbonyl (C=O) groups excluding carboxylic acids is 2. The number of nitrogens with one attached hydrogen (secondary N) is 1. The SMILES string of the molecule is CCCNC(=O)C(Cc1ccccc1)N(Cc1cccc(C)c1)C(=O)CN(c1cc(C)ccc1C)S(=O)(=O)c1ccc(C)cc1. The Hall–Kier alpha value is -4.43. The number of hydrogen-bond donors (Lipinski definition) is 1. The zero-order chi connectivity index (χ0) is 32.6. The van der Waals surface area contributed by atoms with Gasteiger partial charge in [-0.2, -0.15) is 0 Å². The molecule has 236 valence electrons. The third-order valence-corrected chi connectivity index (χ3v) is 9.55. The summed E-state index contributed by atoms with van der Waals surface area (Å²) in [6, 6.07) is 28.7.